The molecule has 0 atom stereocenters. The van der Waals surface area contributed by atoms with Gasteiger partial charge < -0.3 is 10.6 Å². The second kappa shape index (κ2) is 10.5. The Kier molecular flexibility index (Phi) is 7.57. The number of carbonyl (C=O) groups excluding carboxylic acids is 2. The molecule has 3 aromatic rings. The maximum absolute atomic E-state index is 12.2. The Morgan fingerprint density at radius 2 is 1.70 bits per heavy atom. The van der Waals surface area contributed by atoms with Crippen LogP contribution in [0.4, 0.5) is 5.69 Å². The molecule has 0 unspecified atom stereocenters. The predicted molar refractivity (Wildman–Crippen MR) is 120 cm³/mol. The van der Waals surface area contributed by atoms with Crippen molar-refractivity contribution in [2.45, 2.75) is 25.4 Å². The van der Waals surface area contributed by atoms with E-state index in [1.54, 1.807) is 0 Å². The second-order valence-corrected chi connectivity index (χ2v) is 7.61. The summed E-state index contributed by atoms with van der Waals surface area (Å²) in [5.41, 5.74) is 4.48. The molecule has 2 aromatic carbocycles. The molecule has 0 aliphatic carbocycles. The van der Waals surface area contributed by atoms with E-state index in [0.29, 0.717) is 5.16 Å². The molecule has 0 fully saturated rings. The number of nitrogens with one attached hydrogen (secondary N) is 2. The minimum absolute atomic E-state index is 0.0820. The SMILES string of the molecule is CCc1ccccc1NC(=O)CNC(=O)CSc1nc(C)cc(-c2ccccc2)n1. The molecular formula is C23H24N4O2S. The molecular weight excluding hydrogens is 396 g/mol. The fraction of sp³-hybridized carbons (Fsp3) is 0.217. The highest BCUT2D eigenvalue weighted by atomic mass is 32.2. The van der Waals surface area contributed by atoms with Gasteiger partial charge in [0.25, 0.3) is 0 Å². The molecule has 0 radical (unpaired) electrons. The van der Waals surface area contributed by atoms with Gasteiger partial charge in [0.1, 0.15) is 0 Å². The summed E-state index contributed by atoms with van der Waals surface area (Å²) in [7, 11) is 0. The first-order valence-corrected chi connectivity index (χ1v) is 10.7. The number of carbonyl (C=O) groups is 2. The zero-order valence-electron chi connectivity index (χ0n) is 17.0. The Morgan fingerprint density at radius 3 is 2.47 bits per heavy atom. The molecule has 30 heavy (non-hydrogen) atoms. The lowest BCUT2D eigenvalue weighted by Crippen LogP contribution is -2.34. The third-order valence-electron chi connectivity index (χ3n) is 4.35. The summed E-state index contributed by atoms with van der Waals surface area (Å²) in [4.78, 5) is 33.2. The summed E-state index contributed by atoms with van der Waals surface area (Å²) < 4.78 is 0. The van der Waals surface area contributed by atoms with Gasteiger partial charge in [0.2, 0.25) is 11.8 Å². The van der Waals surface area contributed by atoms with Crippen molar-refractivity contribution >= 4 is 29.3 Å². The molecule has 154 valence electrons. The molecule has 0 spiro atoms. The lowest BCUT2D eigenvalue weighted by Gasteiger charge is -2.10. The van der Waals surface area contributed by atoms with Crippen molar-refractivity contribution in [1.82, 2.24) is 15.3 Å². The Balaban J connectivity index is 1.51. The summed E-state index contributed by atoms with van der Waals surface area (Å²) in [5.74, 6) is -0.367. The van der Waals surface area contributed by atoms with Gasteiger partial charge in [-0.05, 0) is 31.0 Å². The molecule has 3 rings (SSSR count). The number of para-hydroxylation sites is 1. The summed E-state index contributed by atoms with van der Waals surface area (Å²) in [5, 5.41) is 6.02. The largest absolute Gasteiger partial charge is 0.346 e. The van der Waals surface area contributed by atoms with Crippen LogP contribution in [0.1, 0.15) is 18.2 Å². The third kappa shape index (κ3) is 6.15. The van der Waals surface area contributed by atoms with Crippen molar-refractivity contribution in [2.75, 3.05) is 17.6 Å². The molecule has 2 N–H and O–H groups in total. The molecule has 7 heteroatoms. The zero-order valence-corrected chi connectivity index (χ0v) is 17.8. The number of thioether (sulfide) groups is 1. The summed E-state index contributed by atoms with van der Waals surface area (Å²) in [6.07, 6.45) is 0.820. The number of amides is 2. The number of hydrogen-bond acceptors (Lipinski definition) is 5. The van der Waals surface area contributed by atoms with Gasteiger partial charge in [0.15, 0.2) is 5.16 Å². The third-order valence-corrected chi connectivity index (χ3v) is 5.20. The minimum Gasteiger partial charge on any atom is -0.346 e. The van der Waals surface area contributed by atoms with Crippen LogP contribution in [-0.4, -0.2) is 34.1 Å². The van der Waals surface area contributed by atoms with Crippen molar-refractivity contribution in [3.05, 3.63) is 71.9 Å². The maximum Gasteiger partial charge on any atom is 0.243 e. The first kappa shape index (κ1) is 21.5. The van der Waals surface area contributed by atoms with Gasteiger partial charge >= 0.3 is 0 Å². The fourth-order valence-corrected chi connectivity index (χ4v) is 3.60. The average Bonchev–Trinajstić information content (AvgIpc) is 2.77. The van der Waals surface area contributed by atoms with Crippen LogP contribution in [0.5, 0.6) is 0 Å². The fourth-order valence-electron chi connectivity index (χ4n) is 2.87. The van der Waals surface area contributed by atoms with E-state index < -0.39 is 0 Å². The monoisotopic (exact) mass is 420 g/mol. The van der Waals surface area contributed by atoms with Crippen LogP contribution >= 0.6 is 11.8 Å². The van der Waals surface area contributed by atoms with Crippen LogP contribution in [0.25, 0.3) is 11.3 Å². The highest BCUT2D eigenvalue weighted by molar-refractivity contribution is 7.99. The summed E-state index contributed by atoms with van der Waals surface area (Å²) in [6.45, 7) is 3.85. The standard InChI is InChI=1S/C23H24N4O2S/c1-3-17-9-7-8-12-19(17)26-21(28)14-24-22(29)15-30-23-25-16(2)13-20(27-23)18-10-5-4-6-11-18/h4-13H,3,14-15H2,1-2H3,(H,24,29)(H,26,28). The van der Waals surface area contributed by atoms with Crippen LogP contribution in [0.15, 0.2) is 65.8 Å². The molecule has 0 saturated carbocycles. The number of anilines is 1. The van der Waals surface area contributed by atoms with Crippen LogP contribution in [-0.2, 0) is 16.0 Å². The molecule has 2 amide bonds. The average molecular weight is 421 g/mol. The van der Waals surface area contributed by atoms with E-state index in [9.17, 15) is 9.59 Å². The van der Waals surface area contributed by atoms with Gasteiger partial charge in [0.05, 0.1) is 18.0 Å². The first-order chi connectivity index (χ1) is 14.5. The molecule has 1 heterocycles. The van der Waals surface area contributed by atoms with Gasteiger partial charge in [-0.1, -0.05) is 67.2 Å². The van der Waals surface area contributed by atoms with Crippen molar-refractivity contribution in [3.8, 4) is 11.3 Å². The van der Waals surface area contributed by atoms with E-state index in [1.807, 2.05) is 74.5 Å². The van der Waals surface area contributed by atoms with Crippen molar-refractivity contribution in [3.63, 3.8) is 0 Å². The predicted octanol–water partition coefficient (Wildman–Crippen LogP) is 3.86. The molecule has 6 nitrogen and oxygen atoms in total. The second-order valence-electron chi connectivity index (χ2n) is 6.67. The van der Waals surface area contributed by atoms with Crippen LogP contribution < -0.4 is 10.6 Å². The quantitative estimate of drug-likeness (QED) is 0.427. The Hall–Kier alpha value is -3.19. The number of aryl methyl sites for hydroxylation is 2. The zero-order chi connectivity index (χ0) is 21.3. The van der Waals surface area contributed by atoms with E-state index in [2.05, 4.69) is 20.6 Å². The van der Waals surface area contributed by atoms with E-state index >= 15 is 0 Å². The van der Waals surface area contributed by atoms with E-state index in [-0.39, 0.29) is 24.1 Å². The van der Waals surface area contributed by atoms with Gasteiger partial charge in [-0.3, -0.25) is 9.59 Å². The number of benzene rings is 2. The lowest BCUT2D eigenvalue weighted by molar-refractivity contribution is -0.122. The van der Waals surface area contributed by atoms with Gasteiger partial charge in [0, 0.05) is 16.9 Å². The van der Waals surface area contributed by atoms with Crippen molar-refractivity contribution < 1.29 is 9.59 Å². The Labute approximate surface area is 180 Å². The normalized spacial score (nSPS) is 10.5. The number of hydrogen-bond donors (Lipinski definition) is 2. The van der Waals surface area contributed by atoms with E-state index in [1.165, 1.54) is 11.8 Å². The van der Waals surface area contributed by atoms with E-state index in [4.69, 9.17) is 0 Å². The summed E-state index contributed by atoms with van der Waals surface area (Å²) in [6, 6.07) is 19.4. The van der Waals surface area contributed by atoms with Crippen LogP contribution in [0.3, 0.4) is 0 Å². The smallest absolute Gasteiger partial charge is 0.243 e. The molecule has 0 bridgehead atoms. The highest BCUT2D eigenvalue weighted by Gasteiger charge is 2.11. The maximum atomic E-state index is 12.2. The molecule has 1 aromatic heterocycles. The summed E-state index contributed by atoms with van der Waals surface area (Å²) >= 11 is 1.25. The van der Waals surface area contributed by atoms with Crippen molar-refractivity contribution in [2.24, 2.45) is 0 Å². The number of aromatic nitrogens is 2. The topological polar surface area (TPSA) is 84.0 Å². The molecule has 0 aliphatic rings. The van der Waals surface area contributed by atoms with Crippen LogP contribution in [0, 0.1) is 6.92 Å². The Bertz CT molecular complexity index is 1020. The van der Waals surface area contributed by atoms with Gasteiger partial charge in [-0.2, -0.15) is 0 Å². The molecule has 0 saturated heterocycles. The van der Waals surface area contributed by atoms with Gasteiger partial charge in [-0.25, -0.2) is 9.97 Å². The molecule has 0 aliphatic heterocycles. The number of nitrogens with zero attached hydrogens (tertiary/aromatic N) is 2. The lowest BCUT2D eigenvalue weighted by atomic mass is 10.1. The highest BCUT2D eigenvalue weighted by Crippen LogP contribution is 2.21. The number of rotatable bonds is 8. The van der Waals surface area contributed by atoms with Crippen LogP contribution in [0.2, 0.25) is 0 Å². The first-order valence-electron chi connectivity index (χ1n) is 9.73. The van der Waals surface area contributed by atoms with E-state index in [0.717, 1.165) is 34.6 Å². The Morgan fingerprint density at radius 1 is 0.967 bits per heavy atom. The minimum atomic E-state index is -0.257. The van der Waals surface area contributed by atoms with Crippen molar-refractivity contribution in [1.29, 1.82) is 0 Å². The van der Waals surface area contributed by atoms with Gasteiger partial charge in [-0.15, -0.1) is 0 Å².